The van der Waals surface area contributed by atoms with Crippen LogP contribution >= 0.6 is 0 Å². The van der Waals surface area contributed by atoms with Crippen molar-refractivity contribution < 1.29 is 19.0 Å². The third-order valence-electron chi connectivity index (χ3n) is 6.25. The van der Waals surface area contributed by atoms with E-state index in [-0.39, 0.29) is 12.0 Å². The lowest BCUT2D eigenvalue weighted by Crippen LogP contribution is -2.45. The summed E-state index contributed by atoms with van der Waals surface area (Å²) in [5.74, 6) is 3.09. The molecule has 172 valence electrons. The molecule has 0 bridgehead atoms. The molecule has 1 saturated heterocycles. The van der Waals surface area contributed by atoms with Crippen molar-refractivity contribution in [3.05, 3.63) is 17.7 Å². The van der Waals surface area contributed by atoms with Crippen LogP contribution in [0.25, 0.3) is 0 Å². The highest BCUT2D eigenvalue weighted by Crippen LogP contribution is 2.39. The Morgan fingerprint density at radius 2 is 1.81 bits per heavy atom. The molecule has 1 unspecified atom stereocenters. The number of amides is 1. The number of benzene rings is 1. The molecule has 1 heterocycles. The van der Waals surface area contributed by atoms with Crippen LogP contribution in [0.2, 0.25) is 0 Å². The summed E-state index contributed by atoms with van der Waals surface area (Å²) in [6.07, 6.45) is 6.65. The molecule has 1 aromatic rings. The average molecular weight is 433 g/mol. The van der Waals surface area contributed by atoms with Gasteiger partial charge < -0.3 is 29.7 Å². The lowest BCUT2D eigenvalue weighted by Gasteiger charge is -2.26. The Labute approximate surface area is 185 Å². The number of nitrogens with one attached hydrogen (secondary N) is 2. The van der Waals surface area contributed by atoms with E-state index in [1.54, 1.807) is 28.4 Å². The lowest BCUT2D eigenvalue weighted by atomic mass is 9.88. The fourth-order valence-corrected chi connectivity index (χ4v) is 4.56. The van der Waals surface area contributed by atoms with E-state index >= 15 is 0 Å². The van der Waals surface area contributed by atoms with Crippen molar-refractivity contribution in [1.82, 2.24) is 15.5 Å². The summed E-state index contributed by atoms with van der Waals surface area (Å²) < 4.78 is 16.4. The van der Waals surface area contributed by atoms with Crippen molar-refractivity contribution in [1.29, 1.82) is 0 Å². The zero-order valence-corrected chi connectivity index (χ0v) is 19.2. The monoisotopic (exact) mass is 432 g/mol. The molecule has 0 aromatic heterocycles. The number of ether oxygens (including phenoxy) is 3. The van der Waals surface area contributed by atoms with Gasteiger partial charge in [0.05, 0.1) is 21.3 Å². The predicted octanol–water partition coefficient (Wildman–Crippen LogP) is 2.56. The summed E-state index contributed by atoms with van der Waals surface area (Å²) in [5, 5.41) is 6.80. The summed E-state index contributed by atoms with van der Waals surface area (Å²) in [4.78, 5) is 19.2. The third kappa shape index (κ3) is 5.54. The van der Waals surface area contributed by atoms with Crippen molar-refractivity contribution in [2.75, 3.05) is 41.5 Å². The zero-order chi connectivity index (χ0) is 22.2. The number of methoxy groups -OCH3 is 3. The molecule has 31 heavy (non-hydrogen) atoms. The maximum absolute atomic E-state index is 12.8. The predicted molar refractivity (Wildman–Crippen MR) is 121 cm³/mol. The van der Waals surface area contributed by atoms with Gasteiger partial charge in [-0.2, -0.15) is 0 Å². The minimum Gasteiger partial charge on any atom is -0.493 e. The van der Waals surface area contributed by atoms with Gasteiger partial charge in [-0.1, -0.05) is 19.3 Å². The number of hydrogen-bond acceptors (Lipinski definition) is 5. The molecule has 2 N–H and O–H groups in total. The Morgan fingerprint density at radius 1 is 1.06 bits per heavy atom. The number of aliphatic imine (C=N–C) groups is 1. The highest BCUT2D eigenvalue weighted by Gasteiger charge is 2.31. The van der Waals surface area contributed by atoms with Gasteiger partial charge in [-0.3, -0.25) is 9.79 Å². The van der Waals surface area contributed by atoms with Crippen LogP contribution < -0.4 is 24.8 Å². The fraction of sp³-hybridized carbons (Fsp3) is 0.652. The first-order valence-electron chi connectivity index (χ1n) is 11.1. The van der Waals surface area contributed by atoms with Crippen molar-refractivity contribution >= 4 is 11.9 Å². The summed E-state index contributed by atoms with van der Waals surface area (Å²) in [7, 11) is 6.56. The van der Waals surface area contributed by atoms with E-state index in [0.29, 0.717) is 35.7 Å². The molecule has 1 aromatic carbocycles. The van der Waals surface area contributed by atoms with Gasteiger partial charge in [0.15, 0.2) is 17.5 Å². The Bertz CT molecular complexity index is 777. The average Bonchev–Trinajstić information content (AvgIpc) is 3.29. The number of carbonyl (C=O) groups excluding carboxylic acids is 1. The Balaban J connectivity index is 1.55. The number of carbonyl (C=O) groups is 1. The topological polar surface area (TPSA) is 84.4 Å². The van der Waals surface area contributed by atoms with E-state index in [1.165, 1.54) is 19.3 Å². The number of nitrogens with zero attached hydrogens (tertiary/aromatic N) is 2. The molecule has 1 amide bonds. The molecule has 8 heteroatoms. The van der Waals surface area contributed by atoms with Crippen LogP contribution in [0.4, 0.5) is 0 Å². The van der Waals surface area contributed by atoms with Crippen LogP contribution in [0.5, 0.6) is 17.2 Å². The van der Waals surface area contributed by atoms with Crippen molar-refractivity contribution in [3.63, 3.8) is 0 Å². The number of rotatable bonds is 7. The molecule has 2 aliphatic rings. The molecule has 3 rings (SSSR count). The van der Waals surface area contributed by atoms with E-state index < -0.39 is 0 Å². The van der Waals surface area contributed by atoms with E-state index in [0.717, 1.165) is 37.9 Å². The normalized spacial score (nSPS) is 19.8. The van der Waals surface area contributed by atoms with Crippen molar-refractivity contribution in [3.8, 4) is 17.2 Å². The molecule has 2 fully saturated rings. The van der Waals surface area contributed by atoms with E-state index in [1.807, 2.05) is 17.0 Å². The van der Waals surface area contributed by atoms with Crippen LogP contribution in [0.1, 0.15) is 44.1 Å². The van der Waals surface area contributed by atoms with Crippen LogP contribution in [0.3, 0.4) is 0 Å². The summed E-state index contributed by atoms with van der Waals surface area (Å²) in [5.41, 5.74) is 0.934. The molecular weight excluding hydrogens is 396 g/mol. The first-order valence-corrected chi connectivity index (χ1v) is 11.1. The van der Waals surface area contributed by atoms with Gasteiger partial charge in [-0.25, -0.2) is 0 Å². The van der Waals surface area contributed by atoms with Gasteiger partial charge >= 0.3 is 0 Å². The maximum Gasteiger partial charge on any atom is 0.225 e. The van der Waals surface area contributed by atoms with E-state index in [4.69, 9.17) is 14.2 Å². The fourth-order valence-electron chi connectivity index (χ4n) is 4.56. The van der Waals surface area contributed by atoms with E-state index in [9.17, 15) is 4.79 Å². The second-order valence-corrected chi connectivity index (χ2v) is 8.17. The number of guanidine groups is 1. The second-order valence-electron chi connectivity index (χ2n) is 8.17. The molecule has 1 aliphatic carbocycles. The largest absolute Gasteiger partial charge is 0.493 e. The van der Waals surface area contributed by atoms with Gasteiger partial charge in [0.1, 0.15) is 0 Å². The molecular formula is C23H36N4O4. The van der Waals surface area contributed by atoms with Crippen LogP contribution in [-0.4, -0.2) is 64.3 Å². The Morgan fingerprint density at radius 3 is 2.45 bits per heavy atom. The summed E-state index contributed by atoms with van der Waals surface area (Å²) >= 11 is 0. The number of likely N-dealkylation sites (tertiary alicyclic amines) is 1. The summed E-state index contributed by atoms with van der Waals surface area (Å²) in [6.45, 7) is 2.06. The minimum atomic E-state index is 0.200. The van der Waals surface area contributed by atoms with Gasteiger partial charge in [-0.05, 0) is 31.4 Å². The van der Waals surface area contributed by atoms with Gasteiger partial charge in [0, 0.05) is 44.2 Å². The quantitative estimate of drug-likeness (QED) is 0.509. The van der Waals surface area contributed by atoms with Gasteiger partial charge in [0.25, 0.3) is 0 Å². The first-order chi connectivity index (χ1) is 15.1. The van der Waals surface area contributed by atoms with Crippen LogP contribution in [0, 0.1) is 5.92 Å². The van der Waals surface area contributed by atoms with Crippen LogP contribution in [-0.2, 0) is 11.3 Å². The smallest absolute Gasteiger partial charge is 0.225 e. The minimum absolute atomic E-state index is 0.200. The Hall–Kier alpha value is -2.64. The molecule has 1 aliphatic heterocycles. The lowest BCUT2D eigenvalue weighted by molar-refractivity contribution is -0.135. The third-order valence-corrected chi connectivity index (χ3v) is 6.25. The standard InChI is InChI=1S/C23H36N4O4/c1-24-23(25-14-17-10-11-19(29-2)21(31-4)20(17)30-3)26-18-12-13-27(15-18)22(28)16-8-6-5-7-9-16/h10-11,16,18H,5-9,12-15H2,1-4H3,(H2,24,25,26). The second kappa shape index (κ2) is 11.1. The highest BCUT2D eigenvalue weighted by molar-refractivity contribution is 5.81. The maximum atomic E-state index is 12.8. The highest BCUT2D eigenvalue weighted by atomic mass is 16.5. The number of hydrogen-bond donors (Lipinski definition) is 2. The van der Waals surface area contributed by atoms with E-state index in [2.05, 4.69) is 15.6 Å². The summed E-state index contributed by atoms with van der Waals surface area (Å²) in [6, 6.07) is 4.01. The SMILES string of the molecule is CN=C(NCc1ccc(OC)c(OC)c1OC)NC1CCN(C(=O)C2CCCCC2)C1. The molecule has 0 radical (unpaired) electrons. The van der Waals surface area contributed by atoms with Crippen LogP contribution in [0.15, 0.2) is 17.1 Å². The van der Waals surface area contributed by atoms with Crippen molar-refractivity contribution in [2.24, 2.45) is 10.9 Å². The first kappa shape index (κ1) is 23.0. The molecule has 1 atom stereocenters. The molecule has 1 saturated carbocycles. The van der Waals surface area contributed by atoms with Crippen molar-refractivity contribution in [2.45, 2.75) is 51.1 Å². The van der Waals surface area contributed by atoms with Gasteiger partial charge in [0.2, 0.25) is 11.7 Å². The Kier molecular flexibility index (Phi) is 8.26. The molecule has 0 spiro atoms. The molecule has 8 nitrogen and oxygen atoms in total. The van der Waals surface area contributed by atoms with Gasteiger partial charge in [-0.15, -0.1) is 0 Å². The zero-order valence-electron chi connectivity index (χ0n) is 19.2.